The second kappa shape index (κ2) is 7.01. The highest BCUT2D eigenvalue weighted by Gasteiger charge is 2.26. The molecule has 132 valence electrons. The van der Waals surface area contributed by atoms with Crippen LogP contribution in [-0.4, -0.2) is 26.6 Å². The van der Waals surface area contributed by atoms with Crippen molar-refractivity contribution in [2.45, 2.75) is 12.8 Å². The molecule has 1 saturated heterocycles. The molecule has 0 aliphatic carbocycles. The quantitative estimate of drug-likeness (QED) is 0.880. The van der Waals surface area contributed by atoms with Crippen LogP contribution in [-0.2, 0) is 10.0 Å². The van der Waals surface area contributed by atoms with Crippen molar-refractivity contribution in [2.24, 2.45) is 0 Å². The Hall–Kier alpha value is -2.12. The Labute approximate surface area is 150 Å². The monoisotopic (exact) mass is 382 g/mol. The minimum absolute atomic E-state index is 0.104. The highest BCUT2D eigenvalue weighted by molar-refractivity contribution is 7.92. The standard InChI is InChI=1S/C17H16ClFN2O3S/c18-16-11-14(21-8-1-2-9-25(21,23)24)6-7-15(16)17(22)20-13-5-3-4-12(19)10-13/h3-7,10-11H,1-2,8-9H2,(H,20,22). The van der Waals surface area contributed by atoms with Gasteiger partial charge in [-0.1, -0.05) is 17.7 Å². The molecule has 0 aromatic heterocycles. The van der Waals surface area contributed by atoms with Crippen LogP contribution in [0.25, 0.3) is 0 Å². The molecule has 8 heteroatoms. The Balaban J connectivity index is 1.83. The van der Waals surface area contributed by atoms with Gasteiger partial charge in [-0.15, -0.1) is 0 Å². The molecule has 1 N–H and O–H groups in total. The van der Waals surface area contributed by atoms with E-state index in [1.54, 1.807) is 12.1 Å². The summed E-state index contributed by atoms with van der Waals surface area (Å²) in [6.07, 6.45) is 1.42. The summed E-state index contributed by atoms with van der Waals surface area (Å²) in [4.78, 5) is 12.3. The van der Waals surface area contributed by atoms with Gasteiger partial charge in [0.25, 0.3) is 5.91 Å². The maximum atomic E-state index is 13.2. The zero-order chi connectivity index (χ0) is 18.0. The van der Waals surface area contributed by atoms with E-state index in [-0.39, 0.29) is 16.3 Å². The van der Waals surface area contributed by atoms with Gasteiger partial charge in [-0.3, -0.25) is 9.10 Å². The van der Waals surface area contributed by atoms with Gasteiger partial charge in [-0.25, -0.2) is 12.8 Å². The van der Waals surface area contributed by atoms with Gasteiger partial charge < -0.3 is 5.32 Å². The molecule has 1 heterocycles. The van der Waals surface area contributed by atoms with Crippen molar-refractivity contribution in [3.8, 4) is 0 Å². The van der Waals surface area contributed by atoms with E-state index < -0.39 is 21.7 Å². The lowest BCUT2D eigenvalue weighted by Crippen LogP contribution is -2.37. The van der Waals surface area contributed by atoms with Crippen LogP contribution < -0.4 is 9.62 Å². The zero-order valence-corrected chi connectivity index (χ0v) is 14.8. The van der Waals surface area contributed by atoms with E-state index in [1.165, 1.54) is 34.6 Å². The Kier molecular flexibility index (Phi) is 4.96. The normalized spacial score (nSPS) is 16.5. The van der Waals surface area contributed by atoms with Crippen LogP contribution in [0.2, 0.25) is 5.02 Å². The molecule has 1 fully saturated rings. The first-order valence-corrected chi connectivity index (χ1v) is 9.72. The molecule has 0 spiro atoms. The molecule has 0 radical (unpaired) electrons. The Morgan fingerprint density at radius 2 is 1.96 bits per heavy atom. The fourth-order valence-electron chi connectivity index (χ4n) is 2.69. The lowest BCUT2D eigenvalue weighted by Gasteiger charge is -2.28. The minimum atomic E-state index is -3.35. The van der Waals surface area contributed by atoms with Crippen molar-refractivity contribution >= 4 is 38.9 Å². The molecule has 5 nitrogen and oxygen atoms in total. The Bertz CT molecular complexity index is 918. The number of hydrogen-bond donors (Lipinski definition) is 1. The second-order valence-corrected chi connectivity index (χ2v) is 8.14. The van der Waals surface area contributed by atoms with Crippen LogP contribution >= 0.6 is 11.6 Å². The number of carbonyl (C=O) groups is 1. The second-order valence-electron chi connectivity index (χ2n) is 5.72. The number of halogens is 2. The number of amides is 1. The van der Waals surface area contributed by atoms with Gasteiger partial charge in [0, 0.05) is 12.2 Å². The topological polar surface area (TPSA) is 66.5 Å². The molecular weight excluding hydrogens is 367 g/mol. The average molecular weight is 383 g/mol. The molecule has 1 aliphatic heterocycles. The molecule has 2 aromatic rings. The number of benzene rings is 2. The number of anilines is 2. The highest BCUT2D eigenvalue weighted by atomic mass is 35.5. The molecule has 1 amide bonds. The number of rotatable bonds is 3. The zero-order valence-electron chi connectivity index (χ0n) is 13.2. The molecule has 2 aromatic carbocycles. The summed E-state index contributed by atoms with van der Waals surface area (Å²) in [5, 5.41) is 2.69. The van der Waals surface area contributed by atoms with Crippen molar-refractivity contribution in [1.82, 2.24) is 0 Å². The number of hydrogen-bond acceptors (Lipinski definition) is 3. The average Bonchev–Trinajstić information content (AvgIpc) is 2.54. The summed E-state index contributed by atoms with van der Waals surface area (Å²) in [6, 6.07) is 9.99. The molecule has 25 heavy (non-hydrogen) atoms. The maximum Gasteiger partial charge on any atom is 0.257 e. The molecule has 3 rings (SSSR count). The fraction of sp³-hybridized carbons (Fsp3) is 0.235. The van der Waals surface area contributed by atoms with E-state index in [1.807, 2.05) is 0 Å². The van der Waals surface area contributed by atoms with Gasteiger partial charge in [-0.05, 0) is 49.2 Å². The predicted octanol–water partition coefficient (Wildman–Crippen LogP) is 3.66. The number of nitrogens with one attached hydrogen (secondary N) is 1. The smallest absolute Gasteiger partial charge is 0.257 e. The molecule has 0 saturated carbocycles. The van der Waals surface area contributed by atoms with E-state index in [4.69, 9.17) is 11.6 Å². The first-order chi connectivity index (χ1) is 11.9. The third-order valence-corrected chi connectivity index (χ3v) is 6.10. The van der Waals surface area contributed by atoms with Crippen LogP contribution in [0.3, 0.4) is 0 Å². The van der Waals surface area contributed by atoms with Gasteiger partial charge >= 0.3 is 0 Å². The van der Waals surface area contributed by atoms with E-state index in [0.29, 0.717) is 24.3 Å². The van der Waals surface area contributed by atoms with Crippen LogP contribution in [0.4, 0.5) is 15.8 Å². The van der Waals surface area contributed by atoms with Gasteiger partial charge in [0.15, 0.2) is 0 Å². The number of carbonyl (C=O) groups excluding carboxylic acids is 1. The lowest BCUT2D eigenvalue weighted by atomic mass is 10.1. The summed E-state index contributed by atoms with van der Waals surface area (Å²) >= 11 is 6.18. The highest BCUT2D eigenvalue weighted by Crippen LogP contribution is 2.28. The van der Waals surface area contributed by atoms with Crippen LogP contribution in [0.15, 0.2) is 42.5 Å². The lowest BCUT2D eigenvalue weighted by molar-refractivity contribution is 0.102. The molecule has 0 unspecified atom stereocenters. The van der Waals surface area contributed by atoms with Crippen LogP contribution in [0.1, 0.15) is 23.2 Å². The minimum Gasteiger partial charge on any atom is -0.322 e. The van der Waals surface area contributed by atoms with Crippen molar-refractivity contribution < 1.29 is 17.6 Å². The first-order valence-electron chi connectivity index (χ1n) is 7.74. The summed E-state index contributed by atoms with van der Waals surface area (Å²) in [7, 11) is -3.35. The van der Waals surface area contributed by atoms with Crippen LogP contribution in [0, 0.1) is 5.82 Å². The third-order valence-electron chi connectivity index (χ3n) is 3.92. The first kappa shape index (κ1) is 17.7. The van der Waals surface area contributed by atoms with Crippen molar-refractivity contribution in [1.29, 1.82) is 0 Å². The van der Waals surface area contributed by atoms with Gasteiger partial charge in [0.05, 0.1) is 22.0 Å². The summed E-state index contributed by atoms with van der Waals surface area (Å²) in [5.74, 6) is -0.856. The van der Waals surface area contributed by atoms with Gasteiger partial charge in [0.1, 0.15) is 5.82 Å². The Morgan fingerprint density at radius 3 is 2.64 bits per heavy atom. The van der Waals surface area contributed by atoms with E-state index in [0.717, 1.165) is 6.42 Å². The van der Waals surface area contributed by atoms with Crippen molar-refractivity contribution in [3.63, 3.8) is 0 Å². The molecule has 0 atom stereocenters. The van der Waals surface area contributed by atoms with Gasteiger partial charge in [-0.2, -0.15) is 0 Å². The predicted molar refractivity (Wildman–Crippen MR) is 96.2 cm³/mol. The summed E-state index contributed by atoms with van der Waals surface area (Å²) < 4.78 is 38.8. The third kappa shape index (κ3) is 3.93. The molecule has 1 aliphatic rings. The summed E-state index contributed by atoms with van der Waals surface area (Å²) in [6.45, 7) is 0.396. The van der Waals surface area contributed by atoms with E-state index in [9.17, 15) is 17.6 Å². The van der Waals surface area contributed by atoms with Gasteiger partial charge in [0.2, 0.25) is 10.0 Å². The maximum absolute atomic E-state index is 13.2. The Morgan fingerprint density at radius 1 is 1.16 bits per heavy atom. The number of sulfonamides is 1. The van der Waals surface area contributed by atoms with E-state index >= 15 is 0 Å². The van der Waals surface area contributed by atoms with E-state index in [2.05, 4.69) is 5.32 Å². The van der Waals surface area contributed by atoms with Crippen LogP contribution in [0.5, 0.6) is 0 Å². The number of nitrogens with zero attached hydrogens (tertiary/aromatic N) is 1. The molecule has 0 bridgehead atoms. The van der Waals surface area contributed by atoms with Crippen molar-refractivity contribution in [2.75, 3.05) is 21.9 Å². The van der Waals surface area contributed by atoms with Crippen molar-refractivity contribution in [3.05, 3.63) is 58.9 Å². The fourth-order valence-corrected chi connectivity index (χ4v) is 4.58. The summed E-state index contributed by atoms with van der Waals surface area (Å²) in [5.41, 5.74) is 0.930. The largest absolute Gasteiger partial charge is 0.322 e. The molecular formula is C17H16ClFN2O3S. The SMILES string of the molecule is O=C(Nc1cccc(F)c1)c1ccc(N2CCCCS2(=O)=O)cc1Cl.